The first-order valence-electron chi connectivity index (χ1n) is 11.6. The highest BCUT2D eigenvalue weighted by Crippen LogP contribution is 2.41. The van der Waals surface area contributed by atoms with Crippen LogP contribution in [0.25, 0.3) is 0 Å². The Balaban J connectivity index is 1.39. The van der Waals surface area contributed by atoms with Crippen LogP contribution in [0, 0.1) is 0 Å². The molecule has 2 aliphatic heterocycles. The van der Waals surface area contributed by atoms with Gasteiger partial charge in [0.2, 0.25) is 5.95 Å². The van der Waals surface area contributed by atoms with E-state index in [-0.39, 0.29) is 17.8 Å². The molecule has 2 aliphatic rings. The van der Waals surface area contributed by atoms with E-state index in [4.69, 9.17) is 4.84 Å². The molecule has 0 radical (unpaired) electrons. The van der Waals surface area contributed by atoms with Crippen molar-refractivity contribution in [3.05, 3.63) is 71.9 Å². The number of piperazine rings is 1. The number of aromatic nitrogens is 2. The molecular formula is C25H27F3N6O. The molecule has 1 N–H and O–H groups in total. The maximum absolute atomic E-state index is 13.8. The number of alkyl halides is 3. The highest BCUT2D eigenvalue weighted by Gasteiger charge is 2.40. The Morgan fingerprint density at radius 1 is 0.971 bits per heavy atom. The van der Waals surface area contributed by atoms with E-state index in [1.165, 1.54) is 5.06 Å². The van der Waals surface area contributed by atoms with Gasteiger partial charge in [0.15, 0.2) is 5.82 Å². The molecule has 0 aliphatic carbocycles. The zero-order chi connectivity index (χ0) is 24.4. The van der Waals surface area contributed by atoms with Crippen LogP contribution in [-0.2, 0) is 11.0 Å². The Kier molecular flexibility index (Phi) is 6.48. The molecule has 0 bridgehead atoms. The summed E-state index contributed by atoms with van der Waals surface area (Å²) < 4.78 is 41.5. The van der Waals surface area contributed by atoms with Gasteiger partial charge < -0.3 is 15.1 Å². The highest BCUT2D eigenvalue weighted by molar-refractivity contribution is 5.61. The van der Waals surface area contributed by atoms with Crippen LogP contribution >= 0.6 is 0 Å². The van der Waals surface area contributed by atoms with Gasteiger partial charge in [-0.2, -0.15) is 18.2 Å². The highest BCUT2D eigenvalue weighted by atomic mass is 19.4. The van der Waals surface area contributed by atoms with Crippen molar-refractivity contribution in [2.75, 3.05) is 55.1 Å². The summed E-state index contributed by atoms with van der Waals surface area (Å²) in [6.45, 7) is 4.22. The van der Waals surface area contributed by atoms with Crippen molar-refractivity contribution < 1.29 is 18.0 Å². The fraction of sp³-hybridized carbons (Fsp3) is 0.360. The van der Waals surface area contributed by atoms with Gasteiger partial charge in [-0.3, -0.25) is 4.84 Å². The molecule has 2 fully saturated rings. The van der Waals surface area contributed by atoms with Crippen LogP contribution in [-0.4, -0.2) is 54.7 Å². The maximum Gasteiger partial charge on any atom is 0.421 e. The van der Waals surface area contributed by atoms with Crippen LogP contribution < -0.4 is 15.3 Å². The fourth-order valence-electron chi connectivity index (χ4n) is 4.41. The number of hydroxylamine groups is 1. The molecular weight excluding hydrogens is 457 g/mol. The van der Waals surface area contributed by atoms with Gasteiger partial charge in [-0.1, -0.05) is 30.3 Å². The minimum atomic E-state index is -4.62. The summed E-state index contributed by atoms with van der Waals surface area (Å²) in [4.78, 5) is 18.5. The third kappa shape index (κ3) is 5.18. The molecule has 1 unspecified atom stereocenters. The van der Waals surface area contributed by atoms with Crippen molar-refractivity contribution in [2.24, 2.45) is 0 Å². The van der Waals surface area contributed by atoms with Crippen LogP contribution in [0.4, 0.5) is 36.3 Å². The number of nitrogens with one attached hydrogen (secondary N) is 1. The molecule has 0 amide bonds. The first kappa shape index (κ1) is 23.4. The standard InChI is InChI=1S/C25H27F3N6O/c1-32-12-14-33(15-13-32)20-9-7-19(8-10-20)30-24-29-17-21(25(26,27)28)23(31-24)34-22(11-16-35-34)18-5-3-2-4-6-18/h2-10,17,22H,11-16H2,1H3,(H,29,30,31). The topological polar surface area (TPSA) is 56.8 Å². The van der Waals surface area contributed by atoms with Crippen LogP contribution in [0.15, 0.2) is 60.8 Å². The molecule has 7 nitrogen and oxygen atoms in total. The molecule has 3 aromatic rings. The van der Waals surface area contributed by atoms with Gasteiger partial charge in [0, 0.05) is 50.2 Å². The number of nitrogens with zero attached hydrogens (tertiary/aromatic N) is 5. The molecule has 1 atom stereocenters. The number of benzene rings is 2. The van der Waals surface area contributed by atoms with E-state index in [0.717, 1.165) is 43.6 Å². The van der Waals surface area contributed by atoms with Crippen molar-refractivity contribution in [2.45, 2.75) is 18.6 Å². The smallest absolute Gasteiger partial charge is 0.369 e. The predicted molar refractivity (Wildman–Crippen MR) is 129 cm³/mol. The summed E-state index contributed by atoms with van der Waals surface area (Å²) in [6.07, 6.45) is -3.25. The predicted octanol–water partition coefficient (Wildman–Crippen LogP) is 4.87. The van der Waals surface area contributed by atoms with E-state index < -0.39 is 11.7 Å². The zero-order valence-electron chi connectivity index (χ0n) is 19.4. The Morgan fingerprint density at radius 3 is 2.37 bits per heavy atom. The van der Waals surface area contributed by atoms with Gasteiger partial charge >= 0.3 is 6.18 Å². The SMILES string of the molecule is CN1CCN(c2ccc(Nc3ncc(C(F)(F)F)c(N4OCCC4c4ccccc4)n3)cc2)CC1. The monoisotopic (exact) mass is 484 g/mol. The molecule has 2 aromatic carbocycles. The minimum Gasteiger partial charge on any atom is -0.369 e. The van der Waals surface area contributed by atoms with E-state index in [1.54, 1.807) is 0 Å². The lowest BCUT2D eigenvalue weighted by Crippen LogP contribution is -2.44. The molecule has 1 aromatic heterocycles. The third-order valence-corrected chi connectivity index (χ3v) is 6.36. The Bertz CT molecular complexity index is 1130. The lowest BCUT2D eigenvalue weighted by Gasteiger charge is -2.34. The van der Waals surface area contributed by atoms with E-state index in [9.17, 15) is 13.2 Å². The number of hydrogen-bond donors (Lipinski definition) is 1. The number of anilines is 4. The summed E-state index contributed by atoms with van der Waals surface area (Å²) in [7, 11) is 2.11. The van der Waals surface area contributed by atoms with Gasteiger partial charge in [-0.15, -0.1) is 0 Å². The number of likely N-dealkylation sites (N-methyl/N-ethyl adjacent to an activating group) is 1. The van der Waals surface area contributed by atoms with Crippen LogP contribution in [0.2, 0.25) is 0 Å². The average Bonchev–Trinajstić information content (AvgIpc) is 3.35. The van der Waals surface area contributed by atoms with Gasteiger partial charge in [0.25, 0.3) is 0 Å². The quantitative estimate of drug-likeness (QED) is 0.554. The first-order chi connectivity index (χ1) is 16.9. The van der Waals surface area contributed by atoms with Gasteiger partial charge in [0.05, 0.1) is 12.6 Å². The van der Waals surface area contributed by atoms with E-state index in [1.807, 2.05) is 54.6 Å². The fourth-order valence-corrected chi connectivity index (χ4v) is 4.41. The third-order valence-electron chi connectivity index (χ3n) is 6.36. The summed E-state index contributed by atoms with van der Waals surface area (Å²) >= 11 is 0. The molecule has 0 spiro atoms. The summed E-state index contributed by atoms with van der Waals surface area (Å²) in [5, 5.41) is 4.31. The minimum absolute atomic E-state index is 0.0719. The number of halogens is 3. The lowest BCUT2D eigenvalue weighted by molar-refractivity contribution is -0.138. The van der Waals surface area contributed by atoms with E-state index >= 15 is 0 Å². The van der Waals surface area contributed by atoms with Crippen molar-refractivity contribution in [1.29, 1.82) is 0 Å². The van der Waals surface area contributed by atoms with Crippen molar-refractivity contribution in [1.82, 2.24) is 14.9 Å². The molecule has 35 heavy (non-hydrogen) atoms. The summed E-state index contributed by atoms with van der Waals surface area (Å²) in [5.41, 5.74) is 1.73. The second-order valence-corrected chi connectivity index (χ2v) is 8.77. The Labute approximate surface area is 202 Å². The van der Waals surface area contributed by atoms with Gasteiger partial charge in [-0.05, 0) is 36.9 Å². The van der Waals surface area contributed by atoms with E-state index in [2.05, 4.69) is 32.1 Å². The summed E-state index contributed by atoms with van der Waals surface area (Å²) in [6, 6.07) is 16.7. The Morgan fingerprint density at radius 2 is 1.69 bits per heavy atom. The normalized spacial score (nSPS) is 19.3. The van der Waals surface area contributed by atoms with Crippen molar-refractivity contribution >= 4 is 23.1 Å². The zero-order valence-corrected chi connectivity index (χ0v) is 19.4. The largest absolute Gasteiger partial charge is 0.421 e. The second kappa shape index (κ2) is 9.71. The molecule has 0 saturated carbocycles. The van der Waals surface area contributed by atoms with Crippen molar-refractivity contribution in [3.63, 3.8) is 0 Å². The molecule has 3 heterocycles. The second-order valence-electron chi connectivity index (χ2n) is 8.77. The average molecular weight is 485 g/mol. The molecule has 2 saturated heterocycles. The number of rotatable bonds is 5. The number of hydrogen-bond acceptors (Lipinski definition) is 7. The Hall–Kier alpha value is -3.37. The van der Waals surface area contributed by atoms with Crippen LogP contribution in [0.3, 0.4) is 0 Å². The maximum atomic E-state index is 13.8. The van der Waals surface area contributed by atoms with Crippen molar-refractivity contribution in [3.8, 4) is 0 Å². The van der Waals surface area contributed by atoms with Crippen LogP contribution in [0.5, 0.6) is 0 Å². The van der Waals surface area contributed by atoms with Crippen LogP contribution in [0.1, 0.15) is 23.6 Å². The molecule has 5 rings (SSSR count). The molecule has 184 valence electrons. The van der Waals surface area contributed by atoms with Gasteiger partial charge in [0.1, 0.15) is 5.56 Å². The summed E-state index contributed by atoms with van der Waals surface area (Å²) in [5.74, 6) is -0.224. The first-order valence-corrected chi connectivity index (χ1v) is 11.6. The van der Waals surface area contributed by atoms with Gasteiger partial charge in [-0.25, -0.2) is 10.0 Å². The van der Waals surface area contributed by atoms with E-state index in [0.29, 0.717) is 18.7 Å². The lowest BCUT2D eigenvalue weighted by atomic mass is 10.0. The molecule has 10 heteroatoms.